The number of nitrogens with one attached hydrogen (secondary N) is 1. The van der Waals surface area contributed by atoms with Gasteiger partial charge in [-0.1, -0.05) is 19.4 Å². The van der Waals surface area contributed by atoms with Crippen LogP contribution < -0.4 is 20.7 Å². The number of pyridine rings is 1. The molecular weight excluding hydrogens is 388 g/mol. The molecule has 0 bridgehead atoms. The molecule has 4 rings (SSSR count). The van der Waals surface area contributed by atoms with Crippen molar-refractivity contribution in [3.05, 3.63) is 48.2 Å². The normalized spacial score (nSPS) is 13.8. The molecule has 1 aliphatic rings. The zero-order valence-electron chi connectivity index (χ0n) is 18.3. The van der Waals surface area contributed by atoms with Crippen molar-refractivity contribution in [1.82, 2.24) is 15.0 Å². The van der Waals surface area contributed by atoms with Gasteiger partial charge in [0, 0.05) is 42.7 Å². The summed E-state index contributed by atoms with van der Waals surface area (Å²) >= 11 is 0. The maximum absolute atomic E-state index is 5.77. The number of benzene rings is 1. The summed E-state index contributed by atoms with van der Waals surface area (Å²) in [5.41, 5.74) is 9.64. The number of methoxy groups -OCH3 is 1. The van der Waals surface area contributed by atoms with Gasteiger partial charge in [0.15, 0.2) is 0 Å². The molecule has 3 aromatic rings. The highest BCUT2D eigenvalue weighted by Crippen LogP contribution is 2.29. The number of rotatable bonds is 7. The summed E-state index contributed by atoms with van der Waals surface area (Å²) in [5.74, 6) is 2.87. The minimum Gasteiger partial charge on any atom is -0.496 e. The van der Waals surface area contributed by atoms with Crippen LogP contribution in [-0.2, 0) is 6.42 Å². The number of anilines is 4. The zero-order chi connectivity index (χ0) is 21.6. The van der Waals surface area contributed by atoms with Crippen molar-refractivity contribution in [2.45, 2.75) is 39.0 Å². The van der Waals surface area contributed by atoms with Gasteiger partial charge in [0.05, 0.1) is 12.8 Å². The van der Waals surface area contributed by atoms with Crippen molar-refractivity contribution >= 4 is 23.3 Å². The minimum absolute atomic E-state index is 0.492. The van der Waals surface area contributed by atoms with Gasteiger partial charge in [0.1, 0.15) is 17.4 Å². The lowest BCUT2D eigenvalue weighted by Gasteiger charge is -2.27. The van der Waals surface area contributed by atoms with Crippen molar-refractivity contribution in [2.24, 2.45) is 0 Å². The lowest BCUT2D eigenvalue weighted by Crippen LogP contribution is -2.31. The molecule has 0 spiro atoms. The minimum atomic E-state index is 0.492. The van der Waals surface area contributed by atoms with Gasteiger partial charge in [0.2, 0.25) is 5.95 Å². The summed E-state index contributed by atoms with van der Waals surface area (Å²) < 4.78 is 5.60. The maximum Gasteiger partial charge on any atom is 0.227 e. The number of aromatic nitrogens is 3. The third-order valence-corrected chi connectivity index (χ3v) is 5.51. The number of ether oxygens (including phenoxy) is 1. The Morgan fingerprint density at radius 1 is 1.06 bits per heavy atom. The highest BCUT2D eigenvalue weighted by Gasteiger charge is 2.16. The van der Waals surface area contributed by atoms with Gasteiger partial charge in [-0.25, -0.2) is 9.97 Å². The summed E-state index contributed by atoms with van der Waals surface area (Å²) in [5, 5.41) is 3.45. The molecule has 0 aliphatic carbocycles. The van der Waals surface area contributed by atoms with Crippen molar-refractivity contribution in [2.75, 3.05) is 36.1 Å². The Morgan fingerprint density at radius 2 is 1.90 bits per heavy atom. The molecule has 1 aromatic carbocycles. The Labute approximate surface area is 183 Å². The van der Waals surface area contributed by atoms with E-state index >= 15 is 0 Å². The van der Waals surface area contributed by atoms with Crippen molar-refractivity contribution in [3.63, 3.8) is 0 Å². The van der Waals surface area contributed by atoms with Crippen LogP contribution in [0.1, 0.15) is 38.2 Å². The number of aryl methyl sites for hydroxylation is 1. The van der Waals surface area contributed by atoms with Gasteiger partial charge in [-0.05, 0) is 49.4 Å². The summed E-state index contributed by atoms with van der Waals surface area (Å²) in [6.45, 7) is 4.12. The summed E-state index contributed by atoms with van der Waals surface area (Å²) in [6.07, 6.45) is 7.40. The van der Waals surface area contributed by atoms with Gasteiger partial charge in [-0.3, -0.25) is 0 Å². The second-order valence-electron chi connectivity index (χ2n) is 7.86. The van der Waals surface area contributed by atoms with Gasteiger partial charge in [-0.15, -0.1) is 0 Å². The van der Waals surface area contributed by atoms with Crippen LogP contribution in [0.5, 0.6) is 5.75 Å². The van der Waals surface area contributed by atoms with Crippen LogP contribution in [0.2, 0.25) is 0 Å². The molecule has 162 valence electrons. The van der Waals surface area contributed by atoms with E-state index in [1.54, 1.807) is 19.4 Å². The standard InChI is InChI=1S/C24H30N6O/c1-3-7-17-8-10-19(14-21(17)31-2)27-23-15-20(18-9-11-22(25)26-16-18)28-24(29-23)30-12-5-4-6-13-30/h8-11,14-16H,3-7,12-13H2,1-2H3,(H2,25,26)(H,27,28,29). The van der Waals surface area contributed by atoms with E-state index in [2.05, 4.69) is 34.3 Å². The Hall–Kier alpha value is -3.35. The van der Waals surface area contributed by atoms with Crippen LogP contribution in [0.3, 0.4) is 0 Å². The number of nitrogens with two attached hydrogens (primary N) is 1. The van der Waals surface area contributed by atoms with Crippen LogP contribution in [0.15, 0.2) is 42.6 Å². The number of nitrogen functional groups attached to an aromatic ring is 1. The molecule has 0 atom stereocenters. The van der Waals surface area contributed by atoms with Crippen LogP contribution in [0.25, 0.3) is 11.3 Å². The summed E-state index contributed by atoms with van der Waals surface area (Å²) in [4.78, 5) is 16.2. The summed E-state index contributed by atoms with van der Waals surface area (Å²) in [7, 11) is 1.71. The predicted molar refractivity (Wildman–Crippen MR) is 126 cm³/mol. The number of nitrogens with zero attached hydrogens (tertiary/aromatic N) is 4. The molecule has 1 aliphatic heterocycles. The molecule has 1 fully saturated rings. The van der Waals surface area contributed by atoms with Crippen LogP contribution in [-0.4, -0.2) is 35.2 Å². The molecule has 0 saturated carbocycles. The SMILES string of the molecule is CCCc1ccc(Nc2cc(-c3ccc(N)nc3)nc(N3CCCCC3)n2)cc1OC. The predicted octanol–water partition coefficient (Wildman–Crippen LogP) is 4.82. The van der Waals surface area contributed by atoms with E-state index in [1.165, 1.54) is 12.0 Å². The topological polar surface area (TPSA) is 89.2 Å². The van der Waals surface area contributed by atoms with E-state index in [0.717, 1.165) is 73.2 Å². The fourth-order valence-corrected chi connectivity index (χ4v) is 3.88. The van der Waals surface area contributed by atoms with Crippen molar-refractivity contribution in [1.29, 1.82) is 0 Å². The van der Waals surface area contributed by atoms with Crippen LogP contribution in [0, 0.1) is 0 Å². The number of piperidine rings is 1. The lowest BCUT2D eigenvalue weighted by atomic mass is 10.1. The number of hydrogen-bond donors (Lipinski definition) is 2. The second kappa shape index (κ2) is 9.64. The highest BCUT2D eigenvalue weighted by molar-refractivity contribution is 5.68. The van der Waals surface area contributed by atoms with Crippen LogP contribution in [0.4, 0.5) is 23.3 Å². The monoisotopic (exact) mass is 418 g/mol. The van der Waals surface area contributed by atoms with E-state index < -0.39 is 0 Å². The molecule has 2 aromatic heterocycles. The number of hydrogen-bond acceptors (Lipinski definition) is 7. The molecule has 0 radical (unpaired) electrons. The van der Waals surface area contributed by atoms with Gasteiger partial charge >= 0.3 is 0 Å². The van der Waals surface area contributed by atoms with Gasteiger partial charge in [0.25, 0.3) is 0 Å². The average Bonchev–Trinajstić information content (AvgIpc) is 2.81. The van der Waals surface area contributed by atoms with Crippen LogP contribution >= 0.6 is 0 Å². The first-order valence-corrected chi connectivity index (χ1v) is 11.0. The smallest absolute Gasteiger partial charge is 0.227 e. The first kappa shape index (κ1) is 20.9. The second-order valence-corrected chi connectivity index (χ2v) is 7.86. The first-order valence-electron chi connectivity index (χ1n) is 11.0. The fraction of sp³-hybridized carbons (Fsp3) is 0.375. The molecule has 3 N–H and O–H groups in total. The lowest BCUT2D eigenvalue weighted by molar-refractivity contribution is 0.409. The van der Waals surface area contributed by atoms with Crippen molar-refractivity contribution < 1.29 is 4.74 Å². The Balaban J connectivity index is 1.69. The summed E-state index contributed by atoms with van der Waals surface area (Å²) in [6, 6.07) is 11.9. The third kappa shape index (κ3) is 5.05. The van der Waals surface area contributed by atoms with E-state index in [4.69, 9.17) is 20.4 Å². The Kier molecular flexibility index (Phi) is 6.50. The molecule has 7 nitrogen and oxygen atoms in total. The molecule has 0 amide bonds. The largest absolute Gasteiger partial charge is 0.496 e. The first-order chi connectivity index (χ1) is 15.2. The average molecular weight is 419 g/mol. The van der Waals surface area contributed by atoms with E-state index in [9.17, 15) is 0 Å². The Morgan fingerprint density at radius 3 is 2.61 bits per heavy atom. The van der Waals surface area contributed by atoms with E-state index in [-0.39, 0.29) is 0 Å². The van der Waals surface area contributed by atoms with E-state index in [1.807, 2.05) is 18.2 Å². The zero-order valence-corrected chi connectivity index (χ0v) is 18.3. The molecule has 1 saturated heterocycles. The molecule has 0 unspecified atom stereocenters. The molecule has 31 heavy (non-hydrogen) atoms. The van der Waals surface area contributed by atoms with Gasteiger partial charge < -0.3 is 20.7 Å². The quantitative estimate of drug-likeness (QED) is 0.569. The molecule has 7 heteroatoms. The van der Waals surface area contributed by atoms with E-state index in [0.29, 0.717) is 5.82 Å². The van der Waals surface area contributed by atoms with Crippen molar-refractivity contribution in [3.8, 4) is 17.0 Å². The highest BCUT2D eigenvalue weighted by atomic mass is 16.5. The third-order valence-electron chi connectivity index (χ3n) is 5.51. The Bertz CT molecular complexity index is 1020. The molecule has 3 heterocycles. The fourth-order valence-electron chi connectivity index (χ4n) is 3.88. The van der Waals surface area contributed by atoms with Gasteiger partial charge in [-0.2, -0.15) is 4.98 Å². The molecular formula is C24H30N6O. The maximum atomic E-state index is 5.77.